The van der Waals surface area contributed by atoms with Gasteiger partial charge in [0.1, 0.15) is 5.82 Å². The molecular formula is C21H20ClFN4O. The number of benzene rings is 2. The number of nitrogens with one attached hydrogen (secondary N) is 2. The van der Waals surface area contributed by atoms with Crippen LogP contribution in [0.4, 0.5) is 21.7 Å². The van der Waals surface area contributed by atoms with Crippen LogP contribution >= 0.6 is 11.6 Å². The van der Waals surface area contributed by atoms with Gasteiger partial charge in [-0.05, 0) is 41.3 Å². The van der Waals surface area contributed by atoms with Crippen molar-refractivity contribution in [3.63, 3.8) is 0 Å². The van der Waals surface area contributed by atoms with E-state index in [-0.39, 0.29) is 16.0 Å². The van der Waals surface area contributed by atoms with Crippen molar-refractivity contribution >= 4 is 34.8 Å². The van der Waals surface area contributed by atoms with E-state index in [1.807, 2.05) is 12.1 Å². The Morgan fingerprint density at radius 3 is 2.18 bits per heavy atom. The van der Waals surface area contributed by atoms with E-state index in [2.05, 4.69) is 53.5 Å². The van der Waals surface area contributed by atoms with Crippen molar-refractivity contribution in [2.75, 3.05) is 10.6 Å². The minimum Gasteiger partial charge on any atom is -0.324 e. The first kappa shape index (κ1) is 19.8. The third-order valence-electron chi connectivity index (χ3n) is 4.10. The van der Waals surface area contributed by atoms with Crippen molar-refractivity contribution in [3.05, 3.63) is 76.8 Å². The molecule has 0 bridgehead atoms. The van der Waals surface area contributed by atoms with Crippen molar-refractivity contribution in [1.82, 2.24) is 9.97 Å². The lowest BCUT2D eigenvalue weighted by Gasteiger charge is -2.19. The summed E-state index contributed by atoms with van der Waals surface area (Å²) in [4.78, 5) is 20.6. The minimum absolute atomic E-state index is 0.0638. The Kier molecular flexibility index (Phi) is 5.61. The number of carbonyl (C=O) groups is 1. The fourth-order valence-corrected chi connectivity index (χ4v) is 2.65. The Hall–Kier alpha value is -2.99. The number of amides is 1. The fourth-order valence-electron chi connectivity index (χ4n) is 2.47. The summed E-state index contributed by atoms with van der Waals surface area (Å²) < 4.78 is 13.2. The van der Waals surface area contributed by atoms with Gasteiger partial charge in [-0.15, -0.1) is 0 Å². The molecule has 0 unspecified atom stereocenters. The second-order valence-electron chi connectivity index (χ2n) is 7.33. The Labute approximate surface area is 168 Å². The molecule has 1 amide bonds. The van der Waals surface area contributed by atoms with Crippen molar-refractivity contribution < 1.29 is 9.18 Å². The van der Waals surface area contributed by atoms with Gasteiger partial charge in [0.2, 0.25) is 5.95 Å². The molecule has 28 heavy (non-hydrogen) atoms. The minimum atomic E-state index is -0.547. The van der Waals surface area contributed by atoms with Crippen LogP contribution < -0.4 is 10.6 Å². The summed E-state index contributed by atoms with van der Waals surface area (Å²) in [7, 11) is 0. The average Bonchev–Trinajstić information content (AvgIpc) is 2.65. The van der Waals surface area contributed by atoms with Crippen molar-refractivity contribution in [2.24, 2.45) is 0 Å². The number of halogens is 2. The molecule has 144 valence electrons. The predicted molar refractivity (Wildman–Crippen MR) is 110 cm³/mol. The number of nitrogens with zero attached hydrogens (tertiary/aromatic N) is 2. The highest BCUT2D eigenvalue weighted by atomic mass is 35.5. The second kappa shape index (κ2) is 7.94. The first-order valence-electron chi connectivity index (χ1n) is 8.68. The molecule has 0 aliphatic heterocycles. The molecule has 0 saturated carbocycles. The zero-order valence-corrected chi connectivity index (χ0v) is 16.5. The second-order valence-corrected chi connectivity index (χ2v) is 7.74. The van der Waals surface area contributed by atoms with Gasteiger partial charge in [0.15, 0.2) is 0 Å². The number of carbonyl (C=O) groups excluding carboxylic acids is 1. The lowest BCUT2D eigenvalue weighted by atomic mass is 9.87. The van der Waals surface area contributed by atoms with Gasteiger partial charge < -0.3 is 10.6 Å². The molecule has 2 N–H and O–H groups in total. The topological polar surface area (TPSA) is 66.9 Å². The summed E-state index contributed by atoms with van der Waals surface area (Å²) in [6, 6.07) is 12.0. The summed E-state index contributed by atoms with van der Waals surface area (Å²) in [6.45, 7) is 6.46. The highest BCUT2D eigenvalue weighted by Crippen LogP contribution is 2.24. The maximum absolute atomic E-state index is 13.2. The van der Waals surface area contributed by atoms with Gasteiger partial charge in [0.05, 0.1) is 10.6 Å². The quantitative estimate of drug-likeness (QED) is 0.603. The van der Waals surface area contributed by atoms with Crippen LogP contribution in [-0.4, -0.2) is 15.9 Å². The van der Waals surface area contributed by atoms with E-state index in [0.29, 0.717) is 11.6 Å². The van der Waals surface area contributed by atoms with Gasteiger partial charge in [0.25, 0.3) is 5.91 Å². The van der Waals surface area contributed by atoms with Crippen LogP contribution in [0.5, 0.6) is 0 Å². The molecule has 2 aromatic carbocycles. The summed E-state index contributed by atoms with van der Waals surface area (Å²) in [6.07, 6.45) is 2.83. The maximum atomic E-state index is 13.2. The number of anilines is 3. The third-order valence-corrected chi connectivity index (χ3v) is 4.39. The molecule has 3 rings (SSSR count). The van der Waals surface area contributed by atoms with E-state index in [9.17, 15) is 9.18 Å². The summed E-state index contributed by atoms with van der Waals surface area (Å²) >= 11 is 5.72. The number of rotatable bonds is 4. The van der Waals surface area contributed by atoms with Crippen LogP contribution in [0.3, 0.4) is 0 Å². The summed E-state index contributed by atoms with van der Waals surface area (Å²) in [5.74, 6) is -0.581. The summed E-state index contributed by atoms with van der Waals surface area (Å²) in [5.41, 5.74) is 2.82. The first-order valence-corrected chi connectivity index (χ1v) is 9.06. The van der Waals surface area contributed by atoms with Crippen LogP contribution in [0.25, 0.3) is 0 Å². The lowest BCUT2D eigenvalue weighted by molar-refractivity contribution is 0.102. The molecule has 0 saturated heterocycles. The molecule has 0 spiro atoms. The zero-order valence-electron chi connectivity index (χ0n) is 15.8. The Bertz CT molecular complexity index is 983. The maximum Gasteiger partial charge on any atom is 0.258 e. The fraction of sp³-hybridized carbons (Fsp3) is 0.190. The Balaban J connectivity index is 1.65. The Morgan fingerprint density at radius 2 is 1.61 bits per heavy atom. The predicted octanol–water partition coefficient (Wildman–Crippen LogP) is 5.56. The van der Waals surface area contributed by atoms with Gasteiger partial charge in [0, 0.05) is 23.8 Å². The van der Waals surface area contributed by atoms with E-state index in [0.717, 1.165) is 5.69 Å². The summed E-state index contributed by atoms with van der Waals surface area (Å²) in [5, 5.41) is 5.66. The molecule has 5 nitrogen and oxygen atoms in total. The number of hydrogen-bond acceptors (Lipinski definition) is 4. The standard InChI is InChI=1S/C21H20ClFN4O/c1-21(2,3)14-4-6-15(7-5-14)27-20-24-11-13(12-25-20)19(28)26-16-8-9-18(23)17(22)10-16/h4-12H,1-3H3,(H,26,28)(H,24,25,27). The molecule has 0 aliphatic rings. The SMILES string of the molecule is CC(C)(C)c1ccc(Nc2ncc(C(=O)Nc3ccc(F)c(Cl)c3)cn2)cc1. The Morgan fingerprint density at radius 1 is 1.00 bits per heavy atom. The molecular weight excluding hydrogens is 379 g/mol. The van der Waals surface area contributed by atoms with E-state index in [4.69, 9.17) is 11.6 Å². The molecule has 3 aromatic rings. The molecule has 0 atom stereocenters. The van der Waals surface area contributed by atoms with Crippen molar-refractivity contribution in [3.8, 4) is 0 Å². The highest BCUT2D eigenvalue weighted by Gasteiger charge is 2.13. The van der Waals surface area contributed by atoms with Crippen LogP contribution in [-0.2, 0) is 5.41 Å². The van der Waals surface area contributed by atoms with E-state index in [1.165, 1.54) is 36.2 Å². The van der Waals surface area contributed by atoms with E-state index >= 15 is 0 Å². The first-order chi connectivity index (χ1) is 13.2. The van der Waals surface area contributed by atoms with Crippen LogP contribution in [0.2, 0.25) is 5.02 Å². The van der Waals surface area contributed by atoms with Crippen molar-refractivity contribution in [2.45, 2.75) is 26.2 Å². The normalized spacial score (nSPS) is 11.2. The van der Waals surface area contributed by atoms with Gasteiger partial charge in [-0.25, -0.2) is 14.4 Å². The zero-order chi connectivity index (χ0) is 20.3. The van der Waals surface area contributed by atoms with Crippen LogP contribution in [0, 0.1) is 5.82 Å². The van der Waals surface area contributed by atoms with Gasteiger partial charge in [-0.3, -0.25) is 4.79 Å². The van der Waals surface area contributed by atoms with Crippen LogP contribution in [0.15, 0.2) is 54.9 Å². The van der Waals surface area contributed by atoms with E-state index in [1.54, 1.807) is 0 Å². The van der Waals surface area contributed by atoms with Crippen LogP contribution in [0.1, 0.15) is 36.7 Å². The molecule has 0 radical (unpaired) electrons. The molecule has 1 heterocycles. The van der Waals surface area contributed by atoms with Gasteiger partial charge in [-0.2, -0.15) is 0 Å². The van der Waals surface area contributed by atoms with E-state index < -0.39 is 11.7 Å². The smallest absolute Gasteiger partial charge is 0.258 e. The van der Waals surface area contributed by atoms with Crippen molar-refractivity contribution in [1.29, 1.82) is 0 Å². The number of hydrogen-bond donors (Lipinski definition) is 2. The third kappa shape index (κ3) is 4.84. The largest absolute Gasteiger partial charge is 0.324 e. The number of aromatic nitrogens is 2. The molecule has 7 heteroatoms. The highest BCUT2D eigenvalue weighted by molar-refractivity contribution is 6.31. The monoisotopic (exact) mass is 398 g/mol. The van der Waals surface area contributed by atoms with Gasteiger partial charge in [-0.1, -0.05) is 44.5 Å². The van der Waals surface area contributed by atoms with Gasteiger partial charge >= 0.3 is 0 Å². The average molecular weight is 399 g/mol. The molecule has 0 aliphatic carbocycles. The molecule has 1 aromatic heterocycles. The lowest BCUT2D eigenvalue weighted by Crippen LogP contribution is -2.13. The molecule has 0 fully saturated rings.